The van der Waals surface area contributed by atoms with Crippen LogP contribution in [0.3, 0.4) is 0 Å². The Bertz CT molecular complexity index is 1300. The summed E-state index contributed by atoms with van der Waals surface area (Å²) < 4.78 is 17.8. The molecule has 5 nitrogen and oxygen atoms in total. The maximum atomic E-state index is 14.2. The number of aromatic nitrogens is 5. The summed E-state index contributed by atoms with van der Waals surface area (Å²) in [6, 6.07) is 16.5. The minimum absolute atomic E-state index is 0.253. The molecule has 0 unspecified atom stereocenters. The molecule has 0 bridgehead atoms. The van der Waals surface area contributed by atoms with Crippen LogP contribution in [0.25, 0.3) is 39.1 Å². The van der Waals surface area contributed by atoms with Gasteiger partial charge in [-0.15, -0.1) is 0 Å². The number of imidazole rings is 1. The van der Waals surface area contributed by atoms with Gasteiger partial charge in [-0.2, -0.15) is 5.10 Å². The van der Waals surface area contributed by atoms with Gasteiger partial charge in [0.2, 0.25) is 0 Å². The Balaban J connectivity index is 1.58. The van der Waals surface area contributed by atoms with Crippen molar-refractivity contribution in [3.63, 3.8) is 0 Å². The predicted molar refractivity (Wildman–Crippen MR) is 106 cm³/mol. The Hall–Kier alpha value is -3.80. The van der Waals surface area contributed by atoms with Crippen molar-refractivity contribution >= 4 is 11.0 Å². The second-order valence-corrected chi connectivity index (χ2v) is 6.60. The van der Waals surface area contributed by atoms with Gasteiger partial charge < -0.3 is 0 Å². The van der Waals surface area contributed by atoms with Gasteiger partial charge in [-0.3, -0.25) is 9.25 Å². The highest BCUT2D eigenvalue weighted by Crippen LogP contribution is 2.27. The lowest BCUT2D eigenvalue weighted by molar-refractivity contribution is 0.631. The third-order valence-electron chi connectivity index (χ3n) is 4.76. The molecule has 0 spiro atoms. The molecular weight excluding hydrogens is 353 g/mol. The molecule has 0 radical (unpaired) electrons. The smallest absolute Gasteiger partial charge is 0.138 e. The van der Waals surface area contributed by atoms with E-state index in [0.29, 0.717) is 11.4 Å². The molecule has 5 aromatic rings. The van der Waals surface area contributed by atoms with Gasteiger partial charge in [-0.05, 0) is 41.5 Å². The molecule has 136 valence electrons. The van der Waals surface area contributed by atoms with E-state index < -0.39 is 0 Å². The highest BCUT2D eigenvalue weighted by molar-refractivity contribution is 5.83. The van der Waals surface area contributed by atoms with E-state index in [1.807, 2.05) is 60.4 Å². The van der Waals surface area contributed by atoms with Crippen LogP contribution in [0.5, 0.6) is 0 Å². The fourth-order valence-electron chi connectivity index (χ4n) is 3.36. The second-order valence-electron chi connectivity index (χ2n) is 6.60. The third kappa shape index (κ3) is 2.75. The zero-order chi connectivity index (χ0) is 19.1. The van der Waals surface area contributed by atoms with Gasteiger partial charge in [0.25, 0.3) is 0 Å². The largest absolute Gasteiger partial charge is 0.283 e. The topological polar surface area (TPSA) is 48.5 Å². The van der Waals surface area contributed by atoms with Gasteiger partial charge in [0.1, 0.15) is 18.0 Å². The molecule has 2 aromatic carbocycles. The first-order valence-electron chi connectivity index (χ1n) is 8.86. The average Bonchev–Trinajstić information content (AvgIpc) is 3.34. The van der Waals surface area contributed by atoms with Crippen molar-refractivity contribution in [3.05, 3.63) is 85.3 Å². The van der Waals surface area contributed by atoms with Gasteiger partial charge in [0, 0.05) is 30.6 Å². The van der Waals surface area contributed by atoms with Gasteiger partial charge >= 0.3 is 0 Å². The highest BCUT2D eigenvalue weighted by Gasteiger charge is 2.10. The summed E-state index contributed by atoms with van der Waals surface area (Å²) >= 11 is 0. The molecule has 5 rings (SSSR count). The number of hydrogen-bond acceptors (Lipinski definition) is 3. The lowest BCUT2D eigenvalue weighted by Gasteiger charge is -2.07. The summed E-state index contributed by atoms with van der Waals surface area (Å²) in [7, 11) is 1.89. The van der Waals surface area contributed by atoms with Gasteiger partial charge in [0.15, 0.2) is 0 Å². The highest BCUT2D eigenvalue weighted by atomic mass is 19.1. The summed E-state index contributed by atoms with van der Waals surface area (Å²) in [5.41, 5.74) is 5.22. The standard InChI is InChI=1S/C22H16FN5/c1-27-13-17(12-26-27)15-6-7-21-20(10-15)25-14-28(21)22-11-16(8-9-24-22)18-4-2-3-5-19(18)23/h2-14H,1H3. The van der Waals surface area contributed by atoms with Crippen LogP contribution in [0.1, 0.15) is 0 Å². The van der Waals surface area contributed by atoms with Crippen molar-refractivity contribution in [2.24, 2.45) is 7.05 Å². The molecule has 0 atom stereocenters. The molecule has 0 aliphatic carbocycles. The summed E-state index contributed by atoms with van der Waals surface area (Å²) in [4.78, 5) is 8.99. The summed E-state index contributed by atoms with van der Waals surface area (Å²) in [5.74, 6) is 0.439. The Kier molecular flexibility index (Phi) is 3.76. The van der Waals surface area contributed by atoms with Crippen molar-refractivity contribution in [2.45, 2.75) is 0 Å². The van der Waals surface area contributed by atoms with E-state index in [2.05, 4.69) is 15.1 Å². The first kappa shape index (κ1) is 16.4. The number of pyridine rings is 1. The Morgan fingerprint density at radius 3 is 2.61 bits per heavy atom. The van der Waals surface area contributed by atoms with Gasteiger partial charge in [0.05, 0.1) is 17.2 Å². The first-order chi connectivity index (χ1) is 13.7. The first-order valence-corrected chi connectivity index (χ1v) is 8.86. The zero-order valence-corrected chi connectivity index (χ0v) is 15.1. The minimum Gasteiger partial charge on any atom is -0.283 e. The Morgan fingerprint density at radius 2 is 1.79 bits per heavy atom. The van der Waals surface area contributed by atoms with Crippen molar-refractivity contribution in [3.8, 4) is 28.1 Å². The molecule has 3 aromatic heterocycles. The van der Waals surface area contributed by atoms with Gasteiger partial charge in [-0.1, -0.05) is 24.3 Å². The van der Waals surface area contributed by atoms with Crippen LogP contribution in [0, 0.1) is 5.82 Å². The van der Waals surface area contributed by atoms with Crippen molar-refractivity contribution in [1.29, 1.82) is 0 Å². The molecule has 0 saturated carbocycles. The molecule has 0 aliphatic heterocycles. The van der Waals surface area contributed by atoms with E-state index in [1.165, 1.54) is 6.07 Å². The van der Waals surface area contributed by atoms with E-state index in [4.69, 9.17) is 0 Å². The summed E-state index contributed by atoms with van der Waals surface area (Å²) in [5, 5.41) is 4.22. The predicted octanol–water partition coefficient (Wildman–Crippen LogP) is 4.63. The molecular formula is C22H16FN5. The second kappa shape index (κ2) is 6.42. The third-order valence-corrected chi connectivity index (χ3v) is 4.76. The molecule has 3 heterocycles. The molecule has 0 N–H and O–H groups in total. The quantitative estimate of drug-likeness (QED) is 0.466. The molecule has 0 saturated heterocycles. The number of halogens is 1. The van der Waals surface area contributed by atoms with Crippen LogP contribution in [0.4, 0.5) is 4.39 Å². The van der Waals surface area contributed by atoms with E-state index in [-0.39, 0.29) is 5.82 Å². The fraction of sp³-hybridized carbons (Fsp3) is 0.0455. The average molecular weight is 369 g/mol. The zero-order valence-electron chi connectivity index (χ0n) is 15.1. The molecule has 0 aliphatic rings. The Morgan fingerprint density at radius 1 is 0.893 bits per heavy atom. The van der Waals surface area contributed by atoms with Crippen LogP contribution < -0.4 is 0 Å². The normalized spacial score (nSPS) is 11.2. The molecule has 0 amide bonds. The molecule has 0 fully saturated rings. The Labute approximate surface area is 160 Å². The number of rotatable bonds is 3. The van der Waals surface area contributed by atoms with Gasteiger partial charge in [-0.25, -0.2) is 14.4 Å². The molecule has 28 heavy (non-hydrogen) atoms. The van der Waals surface area contributed by atoms with Crippen molar-refractivity contribution < 1.29 is 4.39 Å². The fourth-order valence-corrected chi connectivity index (χ4v) is 3.36. The van der Waals surface area contributed by atoms with E-state index >= 15 is 0 Å². The SMILES string of the molecule is Cn1cc(-c2ccc3c(c2)ncn3-c2cc(-c3ccccc3F)ccn2)cn1. The molecule has 6 heteroatoms. The number of fused-ring (bicyclic) bond motifs is 1. The summed E-state index contributed by atoms with van der Waals surface area (Å²) in [6.07, 6.45) is 7.23. The number of nitrogens with zero attached hydrogens (tertiary/aromatic N) is 5. The van der Waals surface area contributed by atoms with Crippen LogP contribution in [0.2, 0.25) is 0 Å². The van der Waals surface area contributed by atoms with E-state index in [0.717, 1.165) is 27.7 Å². The maximum Gasteiger partial charge on any atom is 0.138 e. The monoisotopic (exact) mass is 369 g/mol. The van der Waals surface area contributed by atoms with E-state index in [9.17, 15) is 4.39 Å². The van der Waals surface area contributed by atoms with Crippen molar-refractivity contribution in [2.75, 3.05) is 0 Å². The van der Waals surface area contributed by atoms with Crippen LogP contribution in [-0.4, -0.2) is 24.3 Å². The minimum atomic E-state index is -0.253. The van der Waals surface area contributed by atoms with Crippen LogP contribution >= 0.6 is 0 Å². The lowest BCUT2D eigenvalue weighted by atomic mass is 10.1. The van der Waals surface area contributed by atoms with Crippen molar-refractivity contribution in [1.82, 2.24) is 24.3 Å². The van der Waals surface area contributed by atoms with Crippen LogP contribution in [0.15, 0.2) is 79.5 Å². The van der Waals surface area contributed by atoms with Crippen LogP contribution in [-0.2, 0) is 7.05 Å². The number of hydrogen-bond donors (Lipinski definition) is 0. The summed E-state index contributed by atoms with van der Waals surface area (Å²) in [6.45, 7) is 0. The number of benzene rings is 2. The number of aryl methyl sites for hydroxylation is 1. The maximum absolute atomic E-state index is 14.2. The van der Waals surface area contributed by atoms with E-state index in [1.54, 1.807) is 29.3 Å². The lowest BCUT2D eigenvalue weighted by Crippen LogP contribution is -1.96.